The molecule has 1 fully saturated rings. The van der Waals surface area contributed by atoms with Gasteiger partial charge in [-0.3, -0.25) is 4.98 Å². The minimum absolute atomic E-state index is 0.430. The van der Waals surface area contributed by atoms with Crippen molar-refractivity contribution in [1.82, 2.24) is 24.8 Å². The predicted octanol–water partition coefficient (Wildman–Crippen LogP) is 4.34. The van der Waals surface area contributed by atoms with Crippen LogP contribution in [-0.4, -0.2) is 57.6 Å². The van der Waals surface area contributed by atoms with E-state index in [2.05, 4.69) is 58.1 Å². The number of hydrogen-bond donors (Lipinski definition) is 1. The average Bonchev–Trinajstić information content (AvgIpc) is 3.17. The first-order valence-corrected chi connectivity index (χ1v) is 11.3. The number of thiazole rings is 1. The topological polar surface area (TPSA) is 70.1 Å². The largest absolute Gasteiger partial charge is 0.351 e. The molecule has 158 valence electrons. The summed E-state index contributed by atoms with van der Waals surface area (Å²) in [7, 11) is 2.17. The smallest absolute Gasteiger partial charge is 0.143 e. The molecule has 4 aromatic heterocycles. The van der Waals surface area contributed by atoms with Gasteiger partial charge in [0.25, 0.3) is 0 Å². The van der Waals surface area contributed by atoms with E-state index < -0.39 is 0 Å². The normalized spacial score (nSPS) is 17.3. The van der Waals surface area contributed by atoms with Gasteiger partial charge in [0.05, 0.1) is 10.2 Å². The summed E-state index contributed by atoms with van der Waals surface area (Å²) in [5, 5.41) is 4.26. The van der Waals surface area contributed by atoms with Crippen LogP contribution in [0.4, 0.5) is 17.5 Å². The summed E-state index contributed by atoms with van der Waals surface area (Å²) in [5.41, 5.74) is 2.95. The number of fused-ring (bicyclic) bond motifs is 1. The molecule has 0 aliphatic carbocycles. The third-order valence-corrected chi connectivity index (χ3v) is 6.62. The Morgan fingerprint density at radius 3 is 2.81 bits per heavy atom. The lowest BCUT2D eigenvalue weighted by Gasteiger charge is -2.39. The number of aryl methyl sites for hydroxylation is 1. The van der Waals surface area contributed by atoms with Gasteiger partial charge in [-0.25, -0.2) is 15.0 Å². The van der Waals surface area contributed by atoms with Crippen LogP contribution in [0.3, 0.4) is 0 Å². The highest BCUT2D eigenvalue weighted by Crippen LogP contribution is 2.31. The lowest BCUT2D eigenvalue weighted by atomic mass is 10.2. The van der Waals surface area contributed by atoms with Gasteiger partial charge < -0.3 is 15.1 Å². The van der Waals surface area contributed by atoms with Crippen molar-refractivity contribution in [3.05, 3.63) is 54.4 Å². The van der Waals surface area contributed by atoms with Gasteiger partial charge >= 0.3 is 0 Å². The fraction of sp³-hybridized carbons (Fsp3) is 0.304. The summed E-state index contributed by atoms with van der Waals surface area (Å²) in [6.07, 6.45) is 3.67. The maximum absolute atomic E-state index is 4.84. The zero-order chi connectivity index (χ0) is 21.4. The van der Waals surface area contributed by atoms with E-state index in [9.17, 15) is 0 Å². The molecule has 0 amide bonds. The number of piperazine rings is 1. The van der Waals surface area contributed by atoms with Crippen LogP contribution in [0.5, 0.6) is 0 Å². The molecule has 1 aliphatic heterocycles. The Labute approximate surface area is 185 Å². The molecular formula is C23H25N7S. The third-order valence-electron chi connectivity index (χ3n) is 5.60. The zero-order valence-corrected chi connectivity index (χ0v) is 18.7. The molecule has 7 nitrogen and oxygen atoms in total. The van der Waals surface area contributed by atoms with Crippen LogP contribution in [0, 0.1) is 6.92 Å². The fourth-order valence-corrected chi connectivity index (χ4v) is 4.96. The summed E-state index contributed by atoms with van der Waals surface area (Å²) >= 11 is 1.61. The highest BCUT2D eigenvalue weighted by atomic mass is 32.1. The molecule has 0 unspecified atom stereocenters. The standard InChI is InChI=1S/C23H25N7S/c1-15-6-5-9-24-22(15)23-26-17-12-20(25-13-18(17)31-23)27-19-7-4-8-21(28-19)30-11-10-29(3)14-16(30)2/h4-9,12-13,16H,10-11,14H2,1-3H3,(H,25,27,28)/t16-/m0/s1. The van der Waals surface area contributed by atoms with E-state index in [0.717, 1.165) is 63.6 Å². The maximum atomic E-state index is 4.84. The van der Waals surface area contributed by atoms with Gasteiger partial charge in [-0.2, -0.15) is 0 Å². The first-order valence-electron chi connectivity index (χ1n) is 10.4. The molecule has 1 atom stereocenters. The van der Waals surface area contributed by atoms with E-state index in [1.807, 2.05) is 30.5 Å². The van der Waals surface area contributed by atoms with Gasteiger partial charge in [-0.15, -0.1) is 11.3 Å². The van der Waals surface area contributed by atoms with E-state index in [1.165, 1.54) is 0 Å². The lowest BCUT2D eigenvalue weighted by Crippen LogP contribution is -2.50. The molecule has 0 aromatic carbocycles. The van der Waals surface area contributed by atoms with Crippen LogP contribution in [0.1, 0.15) is 12.5 Å². The van der Waals surface area contributed by atoms with Crippen molar-refractivity contribution >= 4 is 39.0 Å². The second kappa shape index (κ2) is 8.20. The highest BCUT2D eigenvalue weighted by Gasteiger charge is 2.22. The summed E-state index contributed by atoms with van der Waals surface area (Å²) in [6.45, 7) is 7.37. The van der Waals surface area contributed by atoms with Crippen molar-refractivity contribution in [3.8, 4) is 10.7 Å². The predicted molar refractivity (Wildman–Crippen MR) is 127 cm³/mol. The van der Waals surface area contributed by atoms with Crippen LogP contribution >= 0.6 is 11.3 Å². The molecule has 1 N–H and O–H groups in total. The van der Waals surface area contributed by atoms with Gasteiger partial charge in [-0.1, -0.05) is 12.1 Å². The highest BCUT2D eigenvalue weighted by molar-refractivity contribution is 7.21. The van der Waals surface area contributed by atoms with Crippen LogP contribution in [-0.2, 0) is 0 Å². The molecule has 31 heavy (non-hydrogen) atoms. The SMILES string of the molecule is Cc1cccnc1-c1nc2cc(Nc3cccc(N4CCN(C)C[C@@H]4C)n3)ncc2s1. The number of hydrogen-bond acceptors (Lipinski definition) is 8. The van der Waals surface area contributed by atoms with Crippen molar-refractivity contribution in [1.29, 1.82) is 0 Å². The molecule has 5 rings (SSSR count). The molecular weight excluding hydrogens is 406 g/mol. The van der Waals surface area contributed by atoms with Gasteiger partial charge in [0.15, 0.2) is 0 Å². The Bertz CT molecular complexity index is 1220. The molecule has 5 heterocycles. The minimum atomic E-state index is 0.430. The molecule has 0 radical (unpaired) electrons. The van der Waals surface area contributed by atoms with Crippen molar-refractivity contribution < 1.29 is 0 Å². The molecule has 0 spiro atoms. The second-order valence-electron chi connectivity index (χ2n) is 8.04. The number of nitrogens with zero attached hydrogens (tertiary/aromatic N) is 6. The minimum Gasteiger partial charge on any atom is -0.351 e. The average molecular weight is 432 g/mol. The van der Waals surface area contributed by atoms with Gasteiger partial charge in [0.1, 0.15) is 28.2 Å². The van der Waals surface area contributed by atoms with Gasteiger partial charge in [0.2, 0.25) is 0 Å². The Kier molecular flexibility index (Phi) is 5.25. The van der Waals surface area contributed by atoms with Crippen LogP contribution in [0.25, 0.3) is 20.9 Å². The van der Waals surface area contributed by atoms with E-state index in [-0.39, 0.29) is 0 Å². The fourth-order valence-electron chi connectivity index (χ4n) is 3.98. The Hall–Kier alpha value is -3.10. The molecule has 8 heteroatoms. The first kappa shape index (κ1) is 19.8. The summed E-state index contributed by atoms with van der Waals surface area (Å²) < 4.78 is 1.04. The number of aromatic nitrogens is 4. The molecule has 1 saturated heterocycles. The summed E-state index contributed by atoms with van der Waals surface area (Å²) in [5.74, 6) is 2.51. The van der Waals surface area contributed by atoms with E-state index >= 15 is 0 Å². The second-order valence-corrected chi connectivity index (χ2v) is 9.07. The number of nitrogens with one attached hydrogen (secondary N) is 1. The van der Waals surface area contributed by atoms with E-state index in [4.69, 9.17) is 9.97 Å². The van der Waals surface area contributed by atoms with E-state index in [0.29, 0.717) is 6.04 Å². The van der Waals surface area contributed by atoms with Crippen molar-refractivity contribution in [2.45, 2.75) is 19.9 Å². The maximum Gasteiger partial charge on any atom is 0.143 e. The van der Waals surface area contributed by atoms with Crippen LogP contribution in [0.2, 0.25) is 0 Å². The van der Waals surface area contributed by atoms with Gasteiger partial charge in [0, 0.05) is 44.1 Å². The molecule has 0 bridgehead atoms. The van der Waals surface area contributed by atoms with Crippen molar-refractivity contribution in [2.75, 3.05) is 36.9 Å². The Balaban J connectivity index is 1.39. The summed E-state index contributed by atoms with van der Waals surface area (Å²) in [6, 6.07) is 12.5. The number of likely N-dealkylation sites (N-methyl/N-ethyl adjacent to an activating group) is 1. The Morgan fingerprint density at radius 1 is 1.06 bits per heavy atom. The van der Waals surface area contributed by atoms with Crippen LogP contribution < -0.4 is 10.2 Å². The quantitative estimate of drug-likeness (QED) is 0.515. The number of anilines is 3. The van der Waals surface area contributed by atoms with E-state index in [1.54, 1.807) is 17.5 Å². The molecule has 0 saturated carbocycles. The monoisotopic (exact) mass is 431 g/mol. The summed E-state index contributed by atoms with van der Waals surface area (Å²) in [4.78, 5) is 23.4. The van der Waals surface area contributed by atoms with Gasteiger partial charge in [-0.05, 0) is 44.7 Å². The third kappa shape index (κ3) is 4.08. The van der Waals surface area contributed by atoms with Crippen molar-refractivity contribution in [3.63, 3.8) is 0 Å². The van der Waals surface area contributed by atoms with Crippen LogP contribution in [0.15, 0.2) is 48.8 Å². The lowest BCUT2D eigenvalue weighted by molar-refractivity contribution is 0.274. The number of pyridine rings is 3. The molecule has 1 aliphatic rings. The Morgan fingerprint density at radius 2 is 1.97 bits per heavy atom. The number of rotatable bonds is 4. The van der Waals surface area contributed by atoms with Crippen molar-refractivity contribution in [2.24, 2.45) is 0 Å². The zero-order valence-electron chi connectivity index (χ0n) is 17.9. The first-order chi connectivity index (χ1) is 15.1. The molecule has 4 aromatic rings.